The Morgan fingerprint density at radius 2 is 2.28 bits per heavy atom. The molecule has 1 saturated heterocycles. The number of nitrogens with two attached hydrogens (primary N) is 1. The summed E-state index contributed by atoms with van der Waals surface area (Å²) in [7, 11) is 0. The third-order valence-electron chi connectivity index (χ3n) is 4.35. The van der Waals surface area contributed by atoms with Crippen LogP contribution in [-0.2, 0) is 17.7 Å². The Morgan fingerprint density at radius 1 is 1.39 bits per heavy atom. The van der Waals surface area contributed by atoms with Gasteiger partial charge in [-0.05, 0) is 31.7 Å². The molecule has 3 heterocycles. The maximum Gasteiger partial charge on any atom is 0.138 e. The van der Waals surface area contributed by atoms with Gasteiger partial charge in [0.1, 0.15) is 11.6 Å². The van der Waals surface area contributed by atoms with Gasteiger partial charge >= 0.3 is 0 Å². The molecule has 0 aromatic carbocycles. The van der Waals surface area contributed by atoms with Gasteiger partial charge in [-0.15, -0.1) is 10.2 Å². The summed E-state index contributed by atoms with van der Waals surface area (Å²) in [5, 5.41) is 8.79. The van der Waals surface area contributed by atoms with Gasteiger partial charge in [-0.3, -0.25) is 0 Å². The Balaban J connectivity index is 1.87. The highest BCUT2D eigenvalue weighted by Gasteiger charge is 2.34. The van der Waals surface area contributed by atoms with Crippen molar-refractivity contribution in [1.29, 1.82) is 0 Å². The van der Waals surface area contributed by atoms with Crippen LogP contribution in [0.3, 0.4) is 0 Å². The molecule has 0 saturated carbocycles. The summed E-state index contributed by atoms with van der Waals surface area (Å²) in [6.45, 7) is 4.78. The van der Waals surface area contributed by atoms with Crippen molar-refractivity contribution in [3.8, 4) is 0 Å². The molecule has 100 valence electrons. The van der Waals surface area contributed by atoms with Crippen LogP contribution < -0.4 is 5.73 Å². The van der Waals surface area contributed by atoms with Gasteiger partial charge in [-0.1, -0.05) is 6.92 Å². The molecule has 2 aliphatic rings. The van der Waals surface area contributed by atoms with Crippen molar-refractivity contribution in [2.75, 3.05) is 13.2 Å². The number of fused-ring (bicyclic) bond motifs is 1. The minimum Gasteiger partial charge on any atom is -0.377 e. The fourth-order valence-electron chi connectivity index (χ4n) is 3.23. The molecule has 5 nitrogen and oxygen atoms in total. The third kappa shape index (κ3) is 1.95. The van der Waals surface area contributed by atoms with E-state index in [1.165, 1.54) is 0 Å². The topological polar surface area (TPSA) is 66.0 Å². The first-order valence-electron chi connectivity index (χ1n) is 7.07. The van der Waals surface area contributed by atoms with Crippen LogP contribution >= 0.6 is 0 Å². The highest BCUT2D eigenvalue weighted by molar-refractivity contribution is 5.08. The molecule has 0 amide bonds. The summed E-state index contributed by atoms with van der Waals surface area (Å²) in [6, 6.07) is 0. The number of hydrogen-bond donors (Lipinski definition) is 1. The fraction of sp³-hybridized carbons (Fsp3) is 0.846. The minimum atomic E-state index is 0.316. The molecule has 0 bridgehead atoms. The first-order valence-corrected chi connectivity index (χ1v) is 7.07. The first-order chi connectivity index (χ1) is 8.83. The SMILES string of the molecule is CCC1OCCC1c1nnc2n1CC(CN)CC2. The van der Waals surface area contributed by atoms with Crippen molar-refractivity contribution in [3.63, 3.8) is 0 Å². The molecule has 5 heteroatoms. The lowest BCUT2D eigenvalue weighted by Gasteiger charge is -2.25. The van der Waals surface area contributed by atoms with E-state index in [2.05, 4.69) is 21.7 Å². The lowest BCUT2D eigenvalue weighted by molar-refractivity contribution is 0.0985. The van der Waals surface area contributed by atoms with Crippen molar-refractivity contribution in [2.45, 2.75) is 51.2 Å². The third-order valence-corrected chi connectivity index (χ3v) is 4.35. The van der Waals surface area contributed by atoms with Crippen molar-refractivity contribution in [3.05, 3.63) is 11.6 Å². The van der Waals surface area contributed by atoms with Crippen LogP contribution in [0.5, 0.6) is 0 Å². The highest BCUT2D eigenvalue weighted by Crippen LogP contribution is 2.33. The number of hydrogen-bond acceptors (Lipinski definition) is 4. The largest absolute Gasteiger partial charge is 0.377 e. The molecule has 1 aromatic heterocycles. The van der Waals surface area contributed by atoms with E-state index in [0.29, 0.717) is 17.9 Å². The fourth-order valence-corrected chi connectivity index (χ4v) is 3.23. The van der Waals surface area contributed by atoms with Gasteiger partial charge in [0.25, 0.3) is 0 Å². The highest BCUT2D eigenvalue weighted by atomic mass is 16.5. The molecule has 0 radical (unpaired) electrons. The Morgan fingerprint density at radius 3 is 3.06 bits per heavy atom. The molecule has 0 aliphatic carbocycles. The van der Waals surface area contributed by atoms with E-state index in [9.17, 15) is 0 Å². The Labute approximate surface area is 108 Å². The van der Waals surface area contributed by atoms with Crippen molar-refractivity contribution < 1.29 is 4.74 Å². The predicted molar refractivity (Wildman–Crippen MR) is 68.3 cm³/mol. The van der Waals surface area contributed by atoms with Crippen LogP contribution in [0.1, 0.15) is 43.8 Å². The second kappa shape index (κ2) is 4.97. The van der Waals surface area contributed by atoms with E-state index < -0.39 is 0 Å². The molecule has 3 rings (SSSR count). The number of ether oxygens (including phenoxy) is 1. The number of aryl methyl sites for hydroxylation is 1. The van der Waals surface area contributed by atoms with Gasteiger partial charge in [0.15, 0.2) is 0 Å². The summed E-state index contributed by atoms with van der Waals surface area (Å²) in [5.41, 5.74) is 5.81. The maximum absolute atomic E-state index is 5.81. The molecule has 1 fully saturated rings. The van der Waals surface area contributed by atoms with Gasteiger partial charge < -0.3 is 15.0 Å². The molecule has 2 aliphatic heterocycles. The summed E-state index contributed by atoms with van der Waals surface area (Å²) in [6.07, 6.45) is 4.60. The zero-order valence-corrected chi connectivity index (χ0v) is 11.0. The van der Waals surface area contributed by atoms with Crippen LogP contribution in [0.4, 0.5) is 0 Å². The van der Waals surface area contributed by atoms with E-state index in [-0.39, 0.29) is 0 Å². The van der Waals surface area contributed by atoms with Crippen LogP contribution in [0.15, 0.2) is 0 Å². The van der Waals surface area contributed by atoms with Crippen LogP contribution in [0, 0.1) is 5.92 Å². The Bertz CT molecular complexity index is 417. The zero-order valence-electron chi connectivity index (χ0n) is 11.0. The van der Waals surface area contributed by atoms with E-state index >= 15 is 0 Å². The van der Waals surface area contributed by atoms with Crippen molar-refractivity contribution >= 4 is 0 Å². The summed E-state index contributed by atoms with van der Waals surface area (Å²) >= 11 is 0. The van der Waals surface area contributed by atoms with E-state index in [1.54, 1.807) is 0 Å². The quantitative estimate of drug-likeness (QED) is 0.872. The van der Waals surface area contributed by atoms with Crippen LogP contribution in [-0.4, -0.2) is 34.0 Å². The van der Waals surface area contributed by atoms with Gasteiger partial charge in [-0.25, -0.2) is 0 Å². The maximum atomic E-state index is 5.81. The van der Waals surface area contributed by atoms with Gasteiger partial charge in [0, 0.05) is 25.5 Å². The predicted octanol–water partition coefficient (Wildman–Crippen LogP) is 1.08. The number of rotatable bonds is 3. The smallest absolute Gasteiger partial charge is 0.138 e. The average molecular weight is 250 g/mol. The molecule has 18 heavy (non-hydrogen) atoms. The molecular weight excluding hydrogens is 228 g/mol. The van der Waals surface area contributed by atoms with E-state index in [4.69, 9.17) is 10.5 Å². The van der Waals surface area contributed by atoms with Crippen LogP contribution in [0.25, 0.3) is 0 Å². The van der Waals surface area contributed by atoms with Crippen molar-refractivity contribution in [2.24, 2.45) is 11.7 Å². The lowest BCUT2D eigenvalue weighted by Crippen LogP contribution is -2.29. The van der Waals surface area contributed by atoms with Crippen LogP contribution in [0.2, 0.25) is 0 Å². The second-order valence-electron chi connectivity index (χ2n) is 5.44. The minimum absolute atomic E-state index is 0.316. The van der Waals surface area contributed by atoms with Gasteiger partial charge in [0.2, 0.25) is 0 Å². The molecule has 1 aromatic rings. The standard InChI is InChI=1S/C13H22N4O/c1-2-11-10(5-6-18-11)13-16-15-12-4-3-9(7-14)8-17(12)13/h9-11H,2-8,14H2,1H3. The van der Waals surface area contributed by atoms with Gasteiger partial charge in [0.05, 0.1) is 6.10 Å². The number of aromatic nitrogens is 3. The summed E-state index contributed by atoms with van der Waals surface area (Å²) in [5.74, 6) is 3.27. The molecule has 3 unspecified atom stereocenters. The molecular formula is C13H22N4O. The van der Waals surface area contributed by atoms with E-state index in [1.807, 2.05) is 0 Å². The zero-order chi connectivity index (χ0) is 12.5. The average Bonchev–Trinajstić information content (AvgIpc) is 3.03. The molecule has 0 spiro atoms. The normalized spacial score (nSPS) is 31.6. The molecule has 2 N–H and O–H groups in total. The Kier molecular flexibility index (Phi) is 3.35. The monoisotopic (exact) mass is 250 g/mol. The first kappa shape index (κ1) is 12.1. The summed E-state index contributed by atoms with van der Waals surface area (Å²) < 4.78 is 8.09. The molecule has 3 atom stereocenters. The van der Waals surface area contributed by atoms with Gasteiger partial charge in [-0.2, -0.15) is 0 Å². The second-order valence-corrected chi connectivity index (χ2v) is 5.44. The van der Waals surface area contributed by atoms with Crippen molar-refractivity contribution in [1.82, 2.24) is 14.8 Å². The Hall–Kier alpha value is -0.940. The number of nitrogens with zero attached hydrogens (tertiary/aromatic N) is 3. The summed E-state index contributed by atoms with van der Waals surface area (Å²) in [4.78, 5) is 0. The van der Waals surface area contributed by atoms with E-state index in [0.717, 1.165) is 57.0 Å². The lowest BCUT2D eigenvalue weighted by atomic mass is 9.96.